The largest absolute Gasteiger partial charge is 0.511 e. The van der Waals surface area contributed by atoms with E-state index in [9.17, 15) is 4.79 Å². The molecule has 2 rings (SSSR count). The quantitative estimate of drug-likeness (QED) is 0.647. The normalized spacial score (nSPS) is 11.0. The molecule has 0 spiro atoms. The summed E-state index contributed by atoms with van der Waals surface area (Å²) in [6.45, 7) is 8.85. The van der Waals surface area contributed by atoms with Crippen molar-refractivity contribution in [1.82, 2.24) is 9.78 Å². The summed E-state index contributed by atoms with van der Waals surface area (Å²) in [5, 5.41) is 13.9. The second-order valence-corrected chi connectivity index (χ2v) is 6.71. The van der Waals surface area contributed by atoms with Crippen molar-refractivity contribution in [1.29, 1.82) is 0 Å². The highest BCUT2D eigenvalue weighted by molar-refractivity contribution is 6.30. The van der Waals surface area contributed by atoms with E-state index < -0.39 is 6.16 Å². The molecule has 0 bridgehead atoms. The molecule has 26 heavy (non-hydrogen) atoms. The van der Waals surface area contributed by atoms with Gasteiger partial charge in [-0.25, -0.2) is 4.79 Å². The van der Waals surface area contributed by atoms with Crippen LogP contribution in [0.15, 0.2) is 18.2 Å². The summed E-state index contributed by atoms with van der Waals surface area (Å²) in [5.41, 5.74) is 2.04. The Morgan fingerprint density at radius 1 is 1.31 bits per heavy atom. The third-order valence-electron chi connectivity index (χ3n) is 4.48. The van der Waals surface area contributed by atoms with Crippen molar-refractivity contribution in [2.24, 2.45) is 5.92 Å². The number of hydrogen-bond acceptors (Lipinski definition) is 4. The van der Waals surface area contributed by atoms with Crippen LogP contribution < -0.4 is 9.47 Å². The van der Waals surface area contributed by atoms with Gasteiger partial charge < -0.3 is 14.6 Å². The van der Waals surface area contributed by atoms with Gasteiger partial charge >= 0.3 is 6.16 Å². The Balaban J connectivity index is 2.26. The van der Waals surface area contributed by atoms with E-state index in [0.29, 0.717) is 35.5 Å². The highest BCUT2D eigenvalue weighted by Crippen LogP contribution is 2.28. The first-order valence-corrected chi connectivity index (χ1v) is 9.09. The molecule has 1 aromatic carbocycles. The average molecular weight is 381 g/mol. The van der Waals surface area contributed by atoms with Gasteiger partial charge in [-0.05, 0) is 38.0 Å². The van der Waals surface area contributed by atoms with Crippen LogP contribution in [-0.2, 0) is 6.54 Å². The maximum atomic E-state index is 10.8. The van der Waals surface area contributed by atoms with Crippen molar-refractivity contribution in [2.75, 3.05) is 6.61 Å². The molecule has 1 heterocycles. The molecule has 0 fully saturated rings. The van der Waals surface area contributed by atoms with Crippen LogP contribution in [0.3, 0.4) is 0 Å². The molecular weight excluding hydrogens is 356 g/mol. The second kappa shape index (κ2) is 8.94. The fourth-order valence-electron chi connectivity index (χ4n) is 2.78. The van der Waals surface area contributed by atoms with Crippen LogP contribution in [0.1, 0.15) is 43.6 Å². The minimum absolute atomic E-state index is 0.263. The number of hydrogen-bond donors (Lipinski definition) is 1. The summed E-state index contributed by atoms with van der Waals surface area (Å²) in [7, 11) is 0. The molecule has 0 aliphatic heterocycles. The monoisotopic (exact) mass is 380 g/mol. The molecular formula is C19H25ClN2O4. The molecule has 142 valence electrons. The van der Waals surface area contributed by atoms with Crippen molar-refractivity contribution < 1.29 is 19.4 Å². The van der Waals surface area contributed by atoms with Crippen LogP contribution in [0.2, 0.25) is 5.02 Å². The van der Waals surface area contributed by atoms with Crippen LogP contribution in [-0.4, -0.2) is 27.6 Å². The molecule has 0 atom stereocenters. The predicted molar refractivity (Wildman–Crippen MR) is 100 cm³/mol. The van der Waals surface area contributed by atoms with Gasteiger partial charge in [-0.2, -0.15) is 5.10 Å². The van der Waals surface area contributed by atoms with Gasteiger partial charge in [-0.15, -0.1) is 0 Å². The van der Waals surface area contributed by atoms with Crippen LogP contribution in [0.5, 0.6) is 11.5 Å². The first kappa shape index (κ1) is 20.1. The predicted octanol–water partition coefficient (Wildman–Crippen LogP) is 5.07. The van der Waals surface area contributed by atoms with Crippen molar-refractivity contribution in [2.45, 2.75) is 47.1 Å². The van der Waals surface area contributed by atoms with Gasteiger partial charge in [0, 0.05) is 10.6 Å². The van der Waals surface area contributed by atoms with E-state index in [1.165, 1.54) is 0 Å². The van der Waals surface area contributed by atoms with Gasteiger partial charge in [0.1, 0.15) is 11.4 Å². The van der Waals surface area contributed by atoms with Crippen LogP contribution >= 0.6 is 11.6 Å². The van der Waals surface area contributed by atoms with Crippen molar-refractivity contribution in [3.8, 4) is 11.5 Å². The van der Waals surface area contributed by atoms with E-state index in [1.807, 2.05) is 12.1 Å². The number of rotatable bonds is 8. The van der Waals surface area contributed by atoms with Crippen LogP contribution in [0.25, 0.3) is 0 Å². The molecule has 0 amide bonds. The van der Waals surface area contributed by atoms with Crippen LogP contribution in [0.4, 0.5) is 4.79 Å². The Bertz CT molecular complexity index is 769. The van der Waals surface area contributed by atoms with Gasteiger partial charge in [0.15, 0.2) is 5.75 Å². The SMILES string of the molecule is CCC(CC)COc1ccc(Cl)cc1Cn1nc(C)c(OC(=O)O)c1C. The summed E-state index contributed by atoms with van der Waals surface area (Å²) in [6.07, 6.45) is 0.771. The Kier molecular flexibility index (Phi) is 6.91. The molecule has 0 aliphatic rings. The number of carboxylic acid groups (broad SMARTS) is 1. The minimum Gasteiger partial charge on any atom is -0.493 e. The number of nitrogens with zero attached hydrogens (tertiary/aromatic N) is 2. The molecule has 7 heteroatoms. The maximum Gasteiger partial charge on any atom is 0.511 e. The molecule has 1 aromatic heterocycles. The van der Waals surface area contributed by atoms with E-state index in [2.05, 4.69) is 18.9 Å². The van der Waals surface area contributed by atoms with E-state index in [-0.39, 0.29) is 5.75 Å². The molecule has 2 aromatic rings. The molecule has 1 N–H and O–H groups in total. The molecule has 0 aliphatic carbocycles. The first-order valence-electron chi connectivity index (χ1n) is 8.71. The van der Waals surface area contributed by atoms with E-state index in [1.54, 1.807) is 24.6 Å². The van der Waals surface area contributed by atoms with Gasteiger partial charge in [-0.1, -0.05) is 38.3 Å². The minimum atomic E-state index is -1.35. The average Bonchev–Trinajstić information content (AvgIpc) is 2.84. The molecule has 0 unspecified atom stereocenters. The number of benzene rings is 1. The second-order valence-electron chi connectivity index (χ2n) is 6.27. The Hall–Kier alpha value is -2.21. The fraction of sp³-hybridized carbons (Fsp3) is 0.474. The van der Waals surface area contributed by atoms with Gasteiger partial charge in [-0.3, -0.25) is 4.68 Å². The first-order chi connectivity index (χ1) is 12.3. The van der Waals surface area contributed by atoms with Crippen molar-refractivity contribution in [3.63, 3.8) is 0 Å². The van der Waals surface area contributed by atoms with E-state index in [4.69, 9.17) is 26.2 Å². The summed E-state index contributed by atoms with van der Waals surface area (Å²) in [6, 6.07) is 5.51. The third-order valence-corrected chi connectivity index (χ3v) is 4.71. The summed E-state index contributed by atoms with van der Waals surface area (Å²) >= 11 is 6.16. The summed E-state index contributed by atoms with van der Waals surface area (Å²) < 4.78 is 12.6. The van der Waals surface area contributed by atoms with Crippen molar-refractivity contribution in [3.05, 3.63) is 40.2 Å². The number of aryl methyl sites for hydroxylation is 1. The van der Waals surface area contributed by atoms with E-state index in [0.717, 1.165) is 24.2 Å². The number of carbonyl (C=O) groups is 1. The zero-order valence-electron chi connectivity index (χ0n) is 15.6. The van der Waals surface area contributed by atoms with Gasteiger partial charge in [0.25, 0.3) is 0 Å². The summed E-state index contributed by atoms with van der Waals surface area (Å²) in [4.78, 5) is 10.8. The molecule has 0 radical (unpaired) electrons. The zero-order valence-corrected chi connectivity index (χ0v) is 16.3. The van der Waals surface area contributed by atoms with E-state index >= 15 is 0 Å². The Morgan fingerprint density at radius 3 is 2.62 bits per heavy atom. The van der Waals surface area contributed by atoms with Crippen LogP contribution in [0, 0.1) is 19.8 Å². The zero-order chi connectivity index (χ0) is 19.3. The molecule has 0 saturated heterocycles. The molecule has 6 nitrogen and oxygen atoms in total. The fourth-order valence-corrected chi connectivity index (χ4v) is 2.97. The Morgan fingerprint density at radius 2 is 2.00 bits per heavy atom. The summed E-state index contributed by atoms with van der Waals surface area (Å²) in [5.74, 6) is 1.52. The smallest absolute Gasteiger partial charge is 0.493 e. The highest BCUT2D eigenvalue weighted by Gasteiger charge is 2.17. The number of aromatic nitrogens is 2. The maximum absolute atomic E-state index is 10.8. The lowest BCUT2D eigenvalue weighted by molar-refractivity contribution is 0.143. The van der Waals surface area contributed by atoms with Gasteiger partial charge in [0.05, 0.1) is 18.8 Å². The standard InChI is InChI=1S/C19H25ClN2O4/c1-5-14(6-2)11-25-17-8-7-16(20)9-15(17)10-22-13(4)18(12(3)21-22)26-19(23)24/h7-9,14H,5-6,10-11H2,1-4H3,(H,23,24). The lowest BCUT2D eigenvalue weighted by Gasteiger charge is -2.17. The highest BCUT2D eigenvalue weighted by atomic mass is 35.5. The lowest BCUT2D eigenvalue weighted by Crippen LogP contribution is -2.12. The third kappa shape index (κ3) is 4.91. The number of ether oxygens (including phenoxy) is 2. The lowest BCUT2D eigenvalue weighted by atomic mass is 10.1. The van der Waals surface area contributed by atoms with Crippen molar-refractivity contribution >= 4 is 17.8 Å². The van der Waals surface area contributed by atoms with Gasteiger partial charge in [0.2, 0.25) is 0 Å². The number of halogens is 1. The molecule has 0 saturated carbocycles. The topological polar surface area (TPSA) is 73.6 Å². The Labute approximate surface area is 158 Å².